The number of carbonyl (C=O) groups excluding carboxylic acids is 1. The number of aromatic nitrogens is 1. The van der Waals surface area contributed by atoms with Gasteiger partial charge in [0.1, 0.15) is 0 Å². The Morgan fingerprint density at radius 2 is 2.22 bits per heavy atom. The van der Waals surface area contributed by atoms with Crippen molar-refractivity contribution in [3.8, 4) is 0 Å². The van der Waals surface area contributed by atoms with E-state index in [1.807, 2.05) is 0 Å². The predicted octanol–water partition coefficient (Wildman–Crippen LogP) is 0.752. The van der Waals surface area contributed by atoms with Crippen LogP contribution in [0.2, 0.25) is 0 Å². The third-order valence-corrected chi connectivity index (χ3v) is 3.37. The summed E-state index contributed by atoms with van der Waals surface area (Å²) < 4.78 is 0. The number of nitrogens with zero attached hydrogens (tertiary/aromatic N) is 1. The Balaban J connectivity index is 2.12. The van der Waals surface area contributed by atoms with Gasteiger partial charge in [-0.15, -0.1) is 0 Å². The average Bonchev–Trinajstić information content (AvgIpc) is 2.49. The standard InChI is InChI=1S/C13H18N2O3/c1-13(18)4-2-7-15(8-5-13)12(17)10-3-6-14-11(16)9-10/h3,6,9,18H,2,4-5,7-8H2,1H3,(H,14,16). The zero-order chi connectivity index (χ0) is 13.2. The normalized spacial score (nSPS) is 24.7. The Bertz CT molecular complexity index is 493. The van der Waals surface area contributed by atoms with Crippen molar-refractivity contribution in [1.29, 1.82) is 0 Å². The Morgan fingerprint density at radius 1 is 1.44 bits per heavy atom. The number of pyridine rings is 1. The molecule has 2 N–H and O–H groups in total. The fourth-order valence-corrected chi connectivity index (χ4v) is 2.23. The van der Waals surface area contributed by atoms with Crippen LogP contribution in [0.3, 0.4) is 0 Å². The minimum absolute atomic E-state index is 0.140. The Kier molecular flexibility index (Phi) is 3.52. The van der Waals surface area contributed by atoms with Gasteiger partial charge in [0.25, 0.3) is 5.91 Å². The topological polar surface area (TPSA) is 73.4 Å². The Hall–Kier alpha value is -1.62. The van der Waals surface area contributed by atoms with E-state index in [9.17, 15) is 14.7 Å². The number of aromatic amines is 1. The highest BCUT2D eigenvalue weighted by Gasteiger charge is 2.27. The monoisotopic (exact) mass is 250 g/mol. The van der Waals surface area contributed by atoms with Crippen molar-refractivity contribution in [2.45, 2.75) is 31.8 Å². The fourth-order valence-electron chi connectivity index (χ4n) is 2.23. The van der Waals surface area contributed by atoms with Gasteiger partial charge in [-0.05, 0) is 32.3 Å². The van der Waals surface area contributed by atoms with E-state index >= 15 is 0 Å². The highest BCUT2D eigenvalue weighted by Crippen LogP contribution is 2.22. The number of amides is 1. The molecule has 0 bridgehead atoms. The predicted molar refractivity (Wildman–Crippen MR) is 67.4 cm³/mol. The molecule has 0 saturated carbocycles. The number of hydrogen-bond donors (Lipinski definition) is 2. The first-order valence-corrected chi connectivity index (χ1v) is 6.18. The van der Waals surface area contributed by atoms with Gasteiger partial charge < -0.3 is 15.0 Å². The third kappa shape index (κ3) is 2.98. The zero-order valence-electron chi connectivity index (χ0n) is 10.5. The van der Waals surface area contributed by atoms with E-state index < -0.39 is 5.60 Å². The van der Waals surface area contributed by atoms with Gasteiger partial charge in [-0.1, -0.05) is 0 Å². The number of hydrogen-bond acceptors (Lipinski definition) is 3. The molecule has 5 nitrogen and oxygen atoms in total. The smallest absolute Gasteiger partial charge is 0.254 e. The van der Waals surface area contributed by atoms with Gasteiger partial charge in [0, 0.05) is 30.9 Å². The molecule has 1 aromatic rings. The molecule has 2 rings (SSSR count). The quantitative estimate of drug-likeness (QED) is 0.772. The van der Waals surface area contributed by atoms with Gasteiger partial charge in [-0.2, -0.15) is 0 Å². The summed E-state index contributed by atoms with van der Waals surface area (Å²) in [6.07, 6.45) is 3.53. The Labute approximate surface area is 105 Å². The van der Waals surface area contributed by atoms with E-state index in [1.54, 1.807) is 17.9 Å². The summed E-state index contributed by atoms with van der Waals surface area (Å²) in [5.74, 6) is -0.140. The van der Waals surface area contributed by atoms with Crippen LogP contribution in [0.1, 0.15) is 36.5 Å². The lowest BCUT2D eigenvalue weighted by Crippen LogP contribution is -2.34. The SMILES string of the molecule is CC1(O)CCCN(C(=O)c2cc[nH]c(=O)c2)CC1. The van der Waals surface area contributed by atoms with Gasteiger partial charge >= 0.3 is 0 Å². The average molecular weight is 250 g/mol. The van der Waals surface area contributed by atoms with Crippen LogP contribution in [0.4, 0.5) is 0 Å². The highest BCUT2D eigenvalue weighted by molar-refractivity contribution is 5.94. The lowest BCUT2D eigenvalue weighted by Gasteiger charge is -2.22. The molecule has 1 atom stereocenters. The van der Waals surface area contributed by atoms with Crippen molar-refractivity contribution < 1.29 is 9.90 Å². The number of H-pyrrole nitrogens is 1. The minimum Gasteiger partial charge on any atom is -0.390 e. The van der Waals surface area contributed by atoms with Crippen LogP contribution in [0.25, 0.3) is 0 Å². The van der Waals surface area contributed by atoms with Gasteiger partial charge in [0.05, 0.1) is 5.60 Å². The molecule has 98 valence electrons. The van der Waals surface area contributed by atoms with E-state index in [-0.39, 0.29) is 11.5 Å². The molecule has 1 aliphatic heterocycles. The number of likely N-dealkylation sites (tertiary alicyclic amines) is 1. The highest BCUT2D eigenvalue weighted by atomic mass is 16.3. The summed E-state index contributed by atoms with van der Waals surface area (Å²) in [7, 11) is 0. The van der Waals surface area contributed by atoms with E-state index in [0.29, 0.717) is 31.5 Å². The van der Waals surface area contributed by atoms with Crippen LogP contribution in [-0.2, 0) is 0 Å². The van der Waals surface area contributed by atoms with Gasteiger partial charge in [0.15, 0.2) is 0 Å². The second-order valence-corrected chi connectivity index (χ2v) is 5.08. The molecule has 0 radical (unpaired) electrons. The Morgan fingerprint density at radius 3 is 2.94 bits per heavy atom. The van der Waals surface area contributed by atoms with Gasteiger partial charge in [0.2, 0.25) is 5.56 Å². The van der Waals surface area contributed by atoms with Crippen molar-refractivity contribution in [3.05, 3.63) is 34.2 Å². The van der Waals surface area contributed by atoms with Crippen LogP contribution >= 0.6 is 0 Å². The lowest BCUT2D eigenvalue weighted by molar-refractivity contribution is 0.0438. The maximum atomic E-state index is 12.2. The fraction of sp³-hybridized carbons (Fsp3) is 0.538. The van der Waals surface area contributed by atoms with Crippen LogP contribution in [0, 0.1) is 0 Å². The number of rotatable bonds is 1. The first kappa shape index (κ1) is 12.8. The number of aliphatic hydroxyl groups is 1. The van der Waals surface area contributed by atoms with E-state index in [2.05, 4.69) is 4.98 Å². The second-order valence-electron chi connectivity index (χ2n) is 5.08. The molecule has 1 saturated heterocycles. The first-order valence-electron chi connectivity index (χ1n) is 6.18. The zero-order valence-corrected chi connectivity index (χ0v) is 10.5. The van der Waals surface area contributed by atoms with Crippen molar-refractivity contribution >= 4 is 5.91 Å². The summed E-state index contributed by atoms with van der Waals surface area (Å²) >= 11 is 0. The molecular formula is C13H18N2O3. The maximum Gasteiger partial charge on any atom is 0.254 e. The molecule has 1 fully saturated rings. The van der Waals surface area contributed by atoms with Crippen LogP contribution < -0.4 is 5.56 Å². The van der Waals surface area contributed by atoms with Crippen molar-refractivity contribution in [2.24, 2.45) is 0 Å². The summed E-state index contributed by atoms with van der Waals surface area (Å²) in [5, 5.41) is 9.98. The molecule has 18 heavy (non-hydrogen) atoms. The molecule has 0 aliphatic carbocycles. The first-order chi connectivity index (χ1) is 8.48. The van der Waals surface area contributed by atoms with E-state index in [4.69, 9.17) is 0 Å². The summed E-state index contributed by atoms with van der Waals surface area (Å²) in [5.41, 5.74) is -0.564. The van der Waals surface area contributed by atoms with Crippen molar-refractivity contribution in [3.63, 3.8) is 0 Å². The summed E-state index contributed by atoms with van der Waals surface area (Å²) in [6, 6.07) is 2.91. The molecule has 5 heteroatoms. The summed E-state index contributed by atoms with van der Waals surface area (Å²) in [4.78, 5) is 27.6. The molecule has 1 aromatic heterocycles. The molecule has 1 unspecified atom stereocenters. The van der Waals surface area contributed by atoms with Crippen LogP contribution in [-0.4, -0.2) is 39.6 Å². The molecule has 2 heterocycles. The van der Waals surface area contributed by atoms with Gasteiger partial charge in [-0.3, -0.25) is 9.59 Å². The van der Waals surface area contributed by atoms with Crippen LogP contribution in [0.5, 0.6) is 0 Å². The van der Waals surface area contributed by atoms with Gasteiger partial charge in [-0.25, -0.2) is 0 Å². The molecule has 1 amide bonds. The third-order valence-electron chi connectivity index (χ3n) is 3.37. The van der Waals surface area contributed by atoms with E-state index in [0.717, 1.165) is 6.42 Å². The van der Waals surface area contributed by atoms with Crippen molar-refractivity contribution in [1.82, 2.24) is 9.88 Å². The van der Waals surface area contributed by atoms with Crippen molar-refractivity contribution in [2.75, 3.05) is 13.1 Å². The second kappa shape index (κ2) is 4.94. The molecule has 0 aromatic carbocycles. The molecular weight excluding hydrogens is 232 g/mol. The minimum atomic E-state index is -0.691. The molecule has 0 spiro atoms. The lowest BCUT2D eigenvalue weighted by atomic mass is 9.98. The van der Waals surface area contributed by atoms with Crippen LogP contribution in [0.15, 0.2) is 23.1 Å². The molecule has 1 aliphatic rings. The number of carbonyl (C=O) groups is 1. The number of nitrogens with one attached hydrogen (secondary N) is 1. The van der Waals surface area contributed by atoms with E-state index in [1.165, 1.54) is 12.3 Å². The largest absolute Gasteiger partial charge is 0.390 e. The maximum absolute atomic E-state index is 12.2. The summed E-state index contributed by atoms with van der Waals surface area (Å²) in [6.45, 7) is 2.95.